The fourth-order valence-corrected chi connectivity index (χ4v) is 4.04. The molecule has 1 aliphatic rings. The van der Waals surface area contributed by atoms with Crippen LogP contribution in [0.15, 0.2) is 46.3 Å². The molecule has 0 unspecified atom stereocenters. The Labute approximate surface area is 176 Å². The van der Waals surface area contributed by atoms with Gasteiger partial charge < -0.3 is 15.2 Å². The molecule has 2 N–H and O–H groups in total. The molecule has 0 spiro atoms. The maximum Gasteiger partial charge on any atom is 0.345 e. The van der Waals surface area contributed by atoms with Crippen LogP contribution in [0.5, 0.6) is 0 Å². The highest BCUT2D eigenvalue weighted by Gasteiger charge is 2.16. The molecule has 0 atom stereocenters. The van der Waals surface area contributed by atoms with Crippen molar-refractivity contribution in [3.63, 3.8) is 0 Å². The van der Waals surface area contributed by atoms with Crippen LogP contribution in [0.2, 0.25) is 0 Å². The lowest BCUT2D eigenvalue weighted by Gasteiger charge is -2.12. The largest absolute Gasteiger partial charge is 0.356 e. The number of aryl methyl sites for hydroxylation is 3. The Bertz CT molecular complexity index is 1060. The molecule has 3 aromatic rings. The molecule has 0 saturated carbocycles. The van der Waals surface area contributed by atoms with Crippen LogP contribution in [0.1, 0.15) is 31.5 Å². The summed E-state index contributed by atoms with van der Waals surface area (Å²) in [6.07, 6.45) is 7.09. The van der Waals surface area contributed by atoms with Crippen molar-refractivity contribution in [1.82, 2.24) is 29.5 Å². The Hall–Kier alpha value is -3.03. The third-order valence-corrected chi connectivity index (χ3v) is 5.64. The quantitative estimate of drug-likeness (QED) is 0.339. The van der Waals surface area contributed by atoms with Gasteiger partial charge in [-0.1, -0.05) is 18.2 Å². The number of nitrogens with one attached hydrogen (secondary N) is 2. The topological polar surface area (TPSA) is 81.2 Å². The summed E-state index contributed by atoms with van der Waals surface area (Å²) in [5, 5.41) is 12.5. The summed E-state index contributed by atoms with van der Waals surface area (Å²) < 4.78 is 5.72. The number of hydrogen-bond donors (Lipinski definition) is 2. The third kappa shape index (κ3) is 4.58. The van der Waals surface area contributed by atoms with Crippen LogP contribution in [0.3, 0.4) is 0 Å². The second kappa shape index (κ2) is 9.65. The molecule has 2 aromatic heterocycles. The highest BCUT2D eigenvalue weighted by molar-refractivity contribution is 5.80. The number of guanidine groups is 1. The summed E-state index contributed by atoms with van der Waals surface area (Å²) in [6, 6.07) is 10.6. The summed E-state index contributed by atoms with van der Waals surface area (Å²) in [5.74, 6) is 1.73. The molecule has 0 aliphatic carbocycles. The van der Waals surface area contributed by atoms with Crippen LogP contribution in [0.4, 0.5) is 0 Å². The first-order valence-electron chi connectivity index (χ1n) is 10.9. The lowest BCUT2D eigenvalue weighted by molar-refractivity contribution is 0.509. The average Bonchev–Trinajstić information content (AvgIpc) is 3.34. The summed E-state index contributed by atoms with van der Waals surface area (Å²) in [6.45, 7) is 3.99. The van der Waals surface area contributed by atoms with Gasteiger partial charge >= 0.3 is 5.69 Å². The van der Waals surface area contributed by atoms with Crippen molar-refractivity contribution in [1.29, 1.82) is 0 Å². The van der Waals surface area contributed by atoms with Gasteiger partial charge in [0.05, 0.1) is 0 Å². The minimum atomic E-state index is 0.0322. The Morgan fingerprint density at radius 1 is 1.10 bits per heavy atom. The molecule has 3 heterocycles. The van der Waals surface area contributed by atoms with E-state index in [2.05, 4.69) is 61.8 Å². The molecule has 8 nitrogen and oxygen atoms in total. The van der Waals surface area contributed by atoms with Crippen molar-refractivity contribution in [2.45, 2.75) is 51.7 Å². The SMILES string of the molecule is CN=C(NCCCn1nc2n(c1=O)CCCC2)NCCCn1ccc2ccccc21. The Kier molecular flexibility index (Phi) is 6.51. The average molecular weight is 410 g/mol. The maximum absolute atomic E-state index is 12.4. The van der Waals surface area contributed by atoms with Gasteiger partial charge in [0.2, 0.25) is 0 Å². The van der Waals surface area contributed by atoms with Crippen LogP contribution in [0.25, 0.3) is 10.9 Å². The molecule has 0 bridgehead atoms. The van der Waals surface area contributed by atoms with Gasteiger partial charge in [-0.05, 0) is 43.2 Å². The first-order valence-corrected chi connectivity index (χ1v) is 10.9. The number of hydrogen-bond acceptors (Lipinski definition) is 3. The normalized spacial score (nSPS) is 14.1. The van der Waals surface area contributed by atoms with E-state index in [9.17, 15) is 4.79 Å². The molecule has 0 fully saturated rings. The number of para-hydroxylation sites is 1. The molecule has 1 aliphatic heterocycles. The fourth-order valence-electron chi connectivity index (χ4n) is 4.04. The van der Waals surface area contributed by atoms with E-state index in [4.69, 9.17) is 0 Å². The van der Waals surface area contributed by atoms with E-state index in [0.717, 1.165) is 70.1 Å². The summed E-state index contributed by atoms with van der Waals surface area (Å²) in [5.41, 5.74) is 1.31. The zero-order valence-electron chi connectivity index (χ0n) is 17.7. The van der Waals surface area contributed by atoms with Crippen LogP contribution in [-0.4, -0.2) is 45.0 Å². The number of fused-ring (bicyclic) bond motifs is 2. The Morgan fingerprint density at radius 3 is 2.70 bits per heavy atom. The maximum atomic E-state index is 12.4. The zero-order chi connectivity index (χ0) is 20.8. The van der Waals surface area contributed by atoms with Gasteiger partial charge in [-0.15, -0.1) is 0 Å². The van der Waals surface area contributed by atoms with Crippen LogP contribution >= 0.6 is 0 Å². The fraction of sp³-hybridized carbons (Fsp3) is 0.500. The van der Waals surface area contributed by atoms with Crippen molar-refractivity contribution in [3.05, 3.63) is 52.8 Å². The highest BCUT2D eigenvalue weighted by Crippen LogP contribution is 2.15. The van der Waals surface area contributed by atoms with Gasteiger partial charge in [0.25, 0.3) is 0 Å². The second-order valence-electron chi connectivity index (χ2n) is 7.73. The molecule has 30 heavy (non-hydrogen) atoms. The van der Waals surface area contributed by atoms with Crippen molar-refractivity contribution < 1.29 is 0 Å². The van der Waals surface area contributed by atoms with E-state index in [1.54, 1.807) is 11.7 Å². The van der Waals surface area contributed by atoms with Gasteiger partial charge in [0, 0.05) is 57.9 Å². The molecule has 8 heteroatoms. The lowest BCUT2D eigenvalue weighted by atomic mass is 10.2. The van der Waals surface area contributed by atoms with E-state index in [1.807, 2.05) is 4.57 Å². The highest BCUT2D eigenvalue weighted by atomic mass is 16.2. The standard InChI is InChI=1S/C22H31N7O/c1-23-21(24-12-6-14-27-17-11-18-8-2-3-9-19(18)27)25-13-7-16-29-22(30)28-15-5-4-10-20(28)26-29/h2-3,8-9,11,17H,4-7,10,12-16H2,1H3,(H2,23,24,25). The van der Waals surface area contributed by atoms with E-state index >= 15 is 0 Å². The van der Waals surface area contributed by atoms with Crippen molar-refractivity contribution in [3.8, 4) is 0 Å². The van der Waals surface area contributed by atoms with Crippen molar-refractivity contribution in [2.75, 3.05) is 20.1 Å². The van der Waals surface area contributed by atoms with Crippen LogP contribution in [-0.2, 0) is 26.1 Å². The molecule has 0 radical (unpaired) electrons. The Balaban J connectivity index is 1.17. The van der Waals surface area contributed by atoms with Crippen molar-refractivity contribution >= 4 is 16.9 Å². The Morgan fingerprint density at radius 2 is 1.90 bits per heavy atom. The molecule has 4 rings (SSSR count). The van der Waals surface area contributed by atoms with E-state index in [0.29, 0.717) is 6.54 Å². The van der Waals surface area contributed by atoms with E-state index in [1.165, 1.54) is 10.9 Å². The van der Waals surface area contributed by atoms with Gasteiger partial charge in [-0.25, -0.2) is 9.48 Å². The summed E-state index contributed by atoms with van der Waals surface area (Å²) in [4.78, 5) is 16.6. The molecule has 0 saturated heterocycles. The first-order chi connectivity index (χ1) is 14.8. The van der Waals surface area contributed by atoms with Gasteiger partial charge in [-0.2, -0.15) is 5.10 Å². The third-order valence-electron chi connectivity index (χ3n) is 5.64. The molecule has 0 amide bonds. The number of benzene rings is 1. The van der Waals surface area contributed by atoms with Crippen LogP contribution < -0.4 is 16.3 Å². The number of aromatic nitrogens is 4. The van der Waals surface area contributed by atoms with Gasteiger partial charge in [0.15, 0.2) is 5.96 Å². The molecule has 160 valence electrons. The number of rotatable bonds is 8. The smallest absolute Gasteiger partial charge is 0.345 e. The first kappa shape index (κ1) is 20.3. The molecule has 1 aromatic carbocycles. The minimum Gasteiger partial charge on any atom is -0.356 e. The van der Waals surface area contributed by atoms with Crippen LogP contribution in [0, 0.1) is 0 Å². The number of nitrogens with zero attached hydrogens (tertiary/aromatic N) is 5. The molecular weight excluding hydrogens is 378 g/mol. The van der Waals surface area contributed by atoms with Crippen molar-refractivity contribution in [2.24, 2.45) is 4.99 Å². The predicted molar refractivity (Wildman–Crippen MR) is 120 cm³/mol. The monoisotopic (exact) mass is 409 g/mol. The van der Waals surface area contributed by atoms with Gasteiger partial charge in [-0.3, -0.25) is 9.56 Å². The lowest BCUT2D eigenvalue weighted by Crippen LogP contribution is -2.39. The summed E-state index contributed by atoms with van der Waals surface area (Å²) in [7, 11) is 1.78. The zero-order valence-corrected chi connectivity index (χ0v) is 17.7. The second-order valence-corrected chi connectivity index (χ2v) is 7.73. The summed E-state index contributed by atoms with van der Waals surface area (Å²) >= 11 is 0. The molecular formula is C22H31N7O. The predicted octanol–water partition coefficient (Wildman–Crippen LogP) is 1.98. The van der Waals surface area contributed by atoms with E-state index < -0.39 is 0 Å². The van der Waals surface area contributed by atoms with Gasteiger partial charge in [0.1, 0.15) is 5.82 Å². The minimum absolute atomic E-state index is 0.0322. The number of aliphatic imine (C=N–C) groups is 1. The van der Waals surface area contributed by atoms with E-state index in [-0.39, 0.29) is 5.69 Å².